The summed E-state index contributed by atoms with van der Waals surface area (Å²) in [5.41, 5.74) is 9.18. The lowest BCUT2D eigenvalue weighted by molar-refractivity contribution is 0.0974. The molecule has 0 bridgehead atoms. The van der Waals surface area contributed by atoms with Gasteiger partial charge in [-0.25, -0.2) is 4.98 Å². The summed E-state index contributed by atoms with van der Waals surface area (Å²) >= 11 is 13.4. The van der Waals surface area contributed by atoms with Gasteiger partial charge in [0.25, 0.3) is 5.56 Å². The smallest absolute Gasteiger partial charge is 0.263 e. The lowest BCUT2D eigenvalue weighted by atomic mass is 9.73. The third kappa shape index (κ3) is 4.24. The second-order valence-corrected chi connectivity index (χ2v) is 10.9. The van der Waals surface area contributed by atoms with Crippen molar-refractivity contribution in [3.63, 3.8) is 0 Å². The Bertz CT molecular complexity index is 1360. The number of aromatic nitrogens is 4. The molecular weight excluding hydrogens is 499 g/mol. The summed E-state index contributed by atoms with van der Waals surface area (Å²) in [5, 5.41) is 5.16. The van der Waals surface area contributed by atoms with Crippen LogP contribution in [0, 0.1) is 19.3 Å². The van der Waals surface area contributed by atoms with Crippen molar-refractivity contribution in [3.8, 4) is 5.69 Å². The van der Waals surface area contributed by atoms with Crippen molar-refractivity contribution in [3.05, 3.63) is 67.4 Å². The molecule has 0 unspecified atom stereocenters. The van der Waals surface area contributed by atoms with Crippen LogP contribution >= 0.6 is 23.2 Å². The molecule has 36 heavy (non-hydrogen) atoms. The third-order valence-corrected chi connectivity index (χ3v) is 8.79. The quantitative estimate of drug-likeness (QED) is 0.551. The number of rotatable bonds is 4. The van der Waals surface area contributed by atoms with Crippen molar-refractivity contribution in [1.82, 2.24) is 19.3 Å². The molecule has 1 spiro atoms. The van der Waals surface area contributed by atoms with E-state index in [1.54, 1.807) is 9.25 Å². The molecule has 3 aromatic rings. The summed E-state index contributed by atoms with van der Waals surface area (Å²) in [4.78, 5) is 20.6. The minimum absolute atomic E-state index is 0.00907. The van der Waals surface area contributed by atoms with E-state index < -0.39 is 0 Å². The first-order valence-electron chi connectivity index (χ1n) is 12.3. The molecule has 8 nitrogen and oxygen atoms in total. The molecule has 0 amide bonds. The molecule has 2 aromatic heterocycles. The first-order valence-corrected chi connectivity index (χ1v) is 13.0. The Hall–Kier alpha value is -2.39. The molecule has 2 aliphatic heterocycles. The number of halogens is 2. The van der Waals surface area contributed by atoms with E-state index in [1.165, 1.54) is 0 Å². The van der Waals surface area contributed by atoms with Crippen molar-refractivity contribution in [2.24, 2.45) is 18.2 Å². The van der Waals surface area contributed by atoms with Crippen molar-refractivity contribution >= 4 is 29.0 Å². The highest BCUT2D eigenvalue weighted by Crippen LogP contribution is 2.42. The van der Waals surface area contributed by atoms with Crippen LogP contribution in [0.5, 0.6) is 0 Å². The Kier molecular flexibility index (Phi) is 6.66. The summed E-state index contributed by atoms with van der Waals surface area (Å²) < 4.78 is 9.14. The molecule has 1 aromatic carbocycles. The number of piperidine rings is 1. The standard InChI is InChI=1S/C26H32Cl2N6O2/c1-15-24(33-11-8-26(9-12-33)14-36-16(2)23(26)29)30-17(3)34(25(15)35)20-6-5-18(21(27)22(20)28)13-19-7-10-32(4)31-19/h5-7,10,16,23H,8-9,11-14,29H2,1-4H3/t16-,23+/m0/s1. The molecule has 2 aliphatic rings. The van der Waals surface area contributed by atoms with Crippen molar-refractivity contribution in [1.29, 1.82) is 0 Å². The predicted octanol–water partition coefficient (Wildman–Crippen LogP) is 3.81. The van der Waals surface area contributed by atoms with Gasteiger partial charge in [-0.3, -0.25) is 14.0 Å². The molecule has 2 atom stereocenters. The van der Waals surface area contributed by atoms with Crippen LogP contribution < -0.4 is 16.2 Å². The molecule has 0 radical (unpaired) electrons. The zero-order valence-corrected chi connectivity index (χ0v) is 22.6. The van der Waals surface area contributed by atoms with Gasteiger partial charge >= 0.3 is 0 Å². The molecule has 5 rings (SSSR count). The zero-order chi connectivity index (χ0) is 25.8. The maximum Gasteiger partial charge on any atom is 0.263 e. The number of nitrogens with two attached hydrogens (primary N) is 1. The van der Waals surface area contributed by atoms with Crippen LogP contribution in [0.15, 0.2) is 29.2 Å². The van der Waals surface area contributed by atoms with Gasteiger partial charge < -0.3 is 15.4 Å². The summed E-state index contributed by atoms with van der Waals surface area (Å²) in [7, 11) is 1.87. The van der Waals surface area contributed by atoms with Gasteiger partial charge in [0.15, 0.2) is 0 Å². The molecular formula is C26H32Cl2N6O2. The Morgan fingerprint density at radius 3 is 2.50 bits per heavy atom. The van der Waals surface area contributed by atoms with Crippen LogP contribution in [0.4, 0.5) is 5.82 Å². The number of aryl methyl sites for hydroxylation is 2. The summed E-state index contributed by atoms with van der Waals surface area (Å²) in [6.07, 6.45) is 4.35. The van der Waals surface area contributed by atoms with Gasteiger partial charge in [-0.2, -0.15) is 5.10 Å². The van der Waals surface area contributed by atoms with E-state index in [0.717, 1.165) is 43.0 Å². The highest BCUT2D eigenvalue weighted by Gasteiger charge is 2.47. The van der Waals surface area contributed by atoms with Crippen LogP contribution in [0.2, 0.25) is 10.0 Å². The predicted molar refractivity (Wildman–Crippen MR) is 143 cm³/mol. The van der Waals surface area contributed by atoms with E-state index >= 15 is 0 Å². The van der Waals surface area contributed by atoms with Gasteiger partial charge in [-0.05, 0) is 51.3 Å². The van der Waals surface area contributed by atoms with E-state index in [2.05, 4.69) is 10.00 Å². The summed E-state index contributed by atoms with van der Waals surface area (Å²) in [5.74, 6) is 1.28. The topological polar surface area (TPSA) is 91.2 Å². The Morgan fingerprint density at radius 2 is 1.89 bits per heavy atom. The highest BCUT2D eigenvalue weighted by atomic mass is 35.5. The number of benzene rings is 1. The molecule has 10 heteroatoms. The highest BCUT2D eigenvalue weighted by molar-refractivity contribution is 6.43. The number of hydrogen-bond acceptors (Lipinski definition) is 6. The van der Waals surface area contributed by atoms with Gasteiger partial charge in [0.2, 0.25) is 0 Å². The number of ether oxygens (including phenoxy) is 1. The number of anilines is 1. The normalized spacial score (nSPS) is 21.5. The van der Waals surface area contributed by atoms with Crippen LogP contribution in [-0.4, -0.2) is 51.2 Å². The van der Waals surface area contributed by atoms with Crippen molar-refractivity contribution < 1.29 is 4.74 Å². The maximum atomic E-state index is 13.6. The van der Waals surface area contributed by atoms with Crippen LogP contribution in [-0.2, 0) is 18.2 Å². The second-order valence-electron chi connectivity index (χ2n) is 10.2. The van der Waals surface area contributed by atoms with E-state index in [1.807, 2.05) is 52.2 Å². The average Bonchev–Trinajstić information content (AvgIpc) is 3.39. The Balaban J connectivity index is 1.43. The van der Waals surface area contributed by atoms with Gasteiger partial charge in [0.1, 0.15) is 11.6 Å². The lowest BCUT2D eigenvalue weighted by Gasteiger charge is -2.42. The fourth-order valence-electron chi connectivity index (χ4n) is 5.57. The molecule has 2 saturated heterocycles. The van der Waals surface area contributed by atoms with Gasteiger partial charge in [0, 0.05) is 44.2 Å². The average molecular weight is 531 g/mol. The third-order valence-electron chi connectivity index (χ3n) is 7.88. The van der Waals surface area contributed by atoms with Crippen LogP contribution in [0.1, 0.15) is 42.4 Å². The zero-order valence-electron chi connectivity index (χ0n) is 21.1. The summed E-state index contributed by atoms with van der Waals surface area (Å²) in [6, 6.07) is 5.70. The fourth-order valence-corrected chi connectivity index (χ4v) is 6.06. The fraction of sp³-hybridized carbons (Fsp3) is 0.500. The van der Waals surface area contributed by atoms with Crippen LogP contribution in [0.25, 0.3) is 5.69 Å². The van der Waals surface area contributed by atoms with E-state index in [4.69, 9.17) is 38.7 Å². The molecule has 2 fully saturated rings. The van der Waals surface area contributed by atoms with Gasteiger partial charge in [-0.15, -0.1) is 0 Å². The second kappa shape index (κ2) is 9.49. The largest absolute Gasteiger partial charge is 0.376 e. The molecule has 0 saturated carbocycles. The van der Waals surface area contributed by atoms with Crippen molar-refractivity contribution in [2.45, 2.75) is 52.2 Å². The lowest BCUT2D eigenvalue weighted by Crippen LogP contribution is -2.51. The molecule has 192 valence electrons. The van der Waals surface area contributed by atoms with E-state index in [0.29, 0.717) is 40.1 Å². The maximum absolute atomic E-state index is 13.6. The molecule has 4 heterocycles. The molecule has 0 aliphatic carbocycles. The van der Waals surface area contributed by atoms with Gasteiger partial charge in [-0.1, -0.05) is 29.3 Å². The first kappa shape index (κ1) is 25.3. The monoisotopic (exact) mass is 530 g/mol. The van der Waals surface area contributed by atoms with Crippen molar-refractivity contribution in [2.75, 3.05) is 24.6 Å². The minimum atomic E-state index is -0.150. The minimum Gasteiger partial charge on any atom is -0.376 e. The van der Waals surface area contributed by atoms with E-state index in [-0.39, 0.29) is 23.1 Å². The SMILES string of the molecule is Cc1c(N2CCC3(CC2)CO[C@@H](C)[C@H]3N)nc(C)n(-c2ccc(Cc3ccn(C)n3)c(Cl)c2Cl)c1=O. The molecule has 2 N–H and O–H groups in total. The van der Waals surface area contributed by atoms with E-state index in [9.17, 15) is 4.79 Å². The van der Waals surface area contributed by atoms with Gasteiger partial charge in [0.05, 0.1) is 39.7 Å². The number of hydrogen-bond donors (Lipinski definition) is 1. The number of nitrogens with zero attached hydrogens (tertiary/aromatic N) is 5. The van der Waals surface area contributed by atoms with Crippen LogP contribution in [0.3, 0.4) is 0 Å². The first-order chi connectivity index (χ1) is 17.1. The summed E-state index contributed by atoms with van der Waals surface area (Å²) in [6.45, 7) is 7.96. The Morgan fingerprint density at radius 1 is 1.17 bits per heavy atom. The Labute approximate surface area is 221 Å².